The van der Waals surface area contributed by atoms with Gasteiger partial charge in [0.15, 0.2) is 29.4 Å². The van der Waals surface area contributed by atoms with E-state index in [1.807, 2.05) is 0 Å². The molecule has 0 atom stereocenters. The normalized spacial score (nSPS) is 13.0. The zero-order chi connectivity index (χ0) is 30.6. The van der Waals surface area contributed by atoms with Crippen molar-refractivity contribution in [3.05, 3.63) is 72.2 Å². The fourth-order valence-electron chi connectivity index (χ4n) is 4.37. The number of nitrogens with zero attached hydrogens (tertiary/aromatic N) is 3. The third kappa shape index (κ3) is 8.27. The Morgan fingerprint density at radius 3 is 2.42 bits per heavy atom. The van der Waals surface area contributed by atoms with Crippen molar-refractivity contribution in [1.29, 1.82) is 0 Å². The fourth-order valence-corrected chi connectivity index (χ4v) is 4.37. The van der Waals surface area contributed by atoms with Crippen LogP contribution >= 0.6 is 0 Å². The first-order chi connectivity index (χ1) is 21.0. The van der Waals surface area contributed by atoms with Gasteiger partial charge in [0, 0.05) is 68.9 Å². The smallest absolute Gasteiger partial charge is 0.167 e. The first-order valence-corrected chi connectivity index (χ1v) is 13.6. The molecule has 10 nitrogen and oxygen atoms in total. The second kappa shape index (κ2) is 15.6. The largest absolute Gasteiger partial charge is 0.496 e. The molecule has 2 aromatic heterocycles. The quantitative estimate of drug-likeness (QED) is 0.180. The van der Waals surface area contributed by atoms with Crippen LogP contribution in [0.1, 0.15) is 16.8 Å². The number of benzene rings is 2. The number of aldehydes is 1. The Morgan fingerprint density at radius 2 is 1.72 bits per heavy atom. The van der Waals surface area contributed by atoms with E-state index in [1.165, 1.54) is 20.4 Å². The minimum atomic E-state index is -0.683. The molecule has 2 aromatic carbocycles. The van der Waals surface area contributed by atoms with Crippen LogP contribution in [0, 0.1) is 11.6 Å². The highest BCUT2D eigenvalue weighted by Crippen LogP contribution is 2.38. The molecule has 43 heavy (non-hydrogen) atoms. The predicted octanol–water partition coefficient (Wildman–Crippen LogP) is 5.36. The topological polar surface area (TPSA) is 104 Å². The van der Waals surface area contributed by atoms with Gasteiger partial charge in [-0.2, -0.15) is 0 Å². The van der Waals surface area contributed by atoms with Gasteiger partial charge >= 0.3 is 0 Å². The van der Waals surface area contributed by atoms with Gasteiger partial charge in [0.2, 0.25) is 0 Å². The summed E-state index contributed by atoms with van der Waals surface area (Å²) < 4.78 is 55.9. The zero-order valence-corrected chi connectivity index (χ0v) is 24.3. The first kappa shape index (κ1) is 31.4. The lowest BCUT2D eigenvalue weighted by Crippen LogP contribution is -2.37. The van der Waals surface area contributed by atoms with E-state index in [1.54, 1.807) is 43.8 Å². The Labute approximate surface area is 248 Å². The van der Waals surface area contributed by atoms with Gasteiger partial charge in [-0.15, -0.1) is 0 Å². The fraction of sp³-hybridized carbons (Fsp3) is 0.323. The molecule has 1 N–H and O–H groups in total. The van der Waals surface area contributed by atoms with E-state index in [0.717, 1.165) is 51.4 Å². The first-order valence-electron chi connectivity index (χ1n) is 13.6. The van der Waals surface area contributed by atoms with E-state index < -0.39 is 11.6 Å². The lowest BCUT2D eigenvalue weighted by Gasteiger charge is -2.26. The number of carbonyl (C=O) groups is 1. The maximum atomic E-state index is 14.4. The summed E-state index contributed by atoms with van der Waals surface area (Å²) in [6, 6.07) is 8.79. The van der Waals surface area contributed by atoms with E-state index in [9.17, 15) is 13.6 Å². The summed E-state index contributed by atoms with van der Waals surface area (Å²) in [6.07, 6.45) is 6.16. The van der Waals surface area contributed by atoms with Gasteiger partial charge in [0.05, 0.1) is 50.8 Å². The van der Waals surface area contributed by atoms with Crippen LogP contribution in [0.5, 0.6) is 28.7 Å². The number of carbonyl (C=O) groups excluding carboxylic acids is 1. The third-order valence-corrected chi connectivity index (χ3v) is 6.63. The summed E-state index contributed by atoms with van der Waals surface area (Å²) in [6.45, 7) is 4.88. The molecular formula is C31H34F2N4O6. The van der Waals surface area contributed by atoms with Gasteiger partial charge in [0.1, 0.15) is 17.3 Å². The number of ether oxygens (including phenoxy) is 5. The van der Waals surface area contributed by atoms with Crippen molar-refractivity contribution in [1.82, 2.24) is 14.9 Å². The van der Waals surface area contributed by atoms with E-state index in [2.05, 4.69) is 20.2 Å². The maximum absolute atomic E-state index is 14.4. The Morgan fingerprint density at radius 1 is 0.953 bits per heavy atom. The van der Waals surface area contributed by atoms with Gasteiger partial charge < -0.3 is 29.0 Å². The van der Waals surface area contributed by atoms with E-state index in [-0.39, 0.29) is 11.4 Å². The molecule has 12 heteroatoms. The molecule has 3 heterocycles. The second-order valence-corrected chi connectivity index (χ2v) is 9.34. The minimum Gasteiger partial charge on any atom is -0.496 e. The number of pyridine rings is 2. The van der Waals surface area contributed by atoms with Gasteiger partial charge in [0.25, 0.3) is 0 Å². The minimum absolute atomic E-state index is 0.0523. The van der Waals surface area contributed by atoms with Crippen molar-refractivity contribution in [2.45, 2.75) is 6.42 Å². The number of fused-ring (bicyclic) bond motifs is 1. The van der Waals surface area contributed by atoms with Gasteiger partial charge in [-0.1, -0.05) is 0 Å². The SMILES string of the molecule is CNc1cc(F)c(Oc2ccnc3cc(OCCCN4CCOCC4)c(OC)cc23)cc1F.COc1ccncc1C=O. The summed E-state index contributed by atoms with van der Waals surface area (Å²) in [4.78, 5) is 20.7. The van der Waals surface area contributed by atoms with E-state index >= 15 is 0 Å². The highest BCUT2D eigenvalue weighted by Gasteiger charge is 2.16. The Bertz CT molecular complexity index is 1520. The van der Waals surface area contributed by atoms with Gasteiger partial charge in [-0.05, 0) is 24.6 Å². The van der Waals surface area contributed by atoms with Gasteiger partial charge in [-0.25, -0.2) is 8.78 Å². The number of rotatable bonds is 11. The lowest BCUT2D eigenvalue weighted by atomic mass is 10.1. The maximum Gasteiger partial charge on any atom is 0.167 e. The average Bonchev–Trinajstić information content (AvgIpc) is 3.05. The van der Waals surface area contributed by atoms with Gasteiger partial charge in [-0.3, -0.25) is 19.7 Å². The number of anilines is 1. The highest BCUT2D eigenvalue weighted by atomic mass is 19.1. The Balaban J connectivity index is 0.000000359. The number of hydrogen-bond acceptors (Lipinski definition) is 10. The Hall–Kier alpha value is -4.55. The highest BCUT2D eigenvalue weighted by molar-refractivity contribution is 5.88. The van der Waals surface area contributed by atoms with E-state index in [0.29, 0.717) is 52.4 Å². The number of halogens is 2. The summed E-state index contributed by atoms with van der Waals surface area (Å²) in [5.41, 5.74) is 1.12. The molecule has 0 radical (unpaired) electrons. The van der Waals surface area contributed by atoms with Crippen LogP contribution < -0.4 is 24.3 Å². The number of morpholine rings is 1. The van der Waals surface area contributed by atoms with Crippen LogP contribution in [0.4, 0.5) is 14.5 Å². The second-order valence-electron chi connectivity index (χ2n) is 9.34. The predicted molar refractivity (Wildman–Crippen MR) is 158 cm³/mol. The number of hydrogen-bond donors (Lipinski definition) is 1. The summed E-state index contributed by atoms with van der Waals surface area (Å²) in [5, 5.41) is 3.19. The number of aromatic nitrogens is 2. The van der Waals surface area contributed by atoms with Crippen molar-refractivity contribution in [2.75, 3.05) is 66.0 Å². The molecule has 0 saturated carbocycles. The van der Waals surface area contributed by atoms with E-state index in [4.69, 9.17) is 23.7 Å². The molecule has 1 fully saturated rings. The molecule has 0 bridgehead atoms. The molecule has 1 aliphatic rings. The summed E-state index contributed by atoms with van der Waals surface area (Å²) >= 11 is 0. The monoisotopic (exact) mass is 596 g/mol. The molecule has 0 amide bonds. The van der Waals surface area contributed by atoms with Crippen molar-refractivity contribution < 1.29 is 37.3 Å². The van der Waals surface area contributed by atoms with Crippen LogP contribution in [0.15, 0.2) is 55.0 Å². The molecule has 4 aromatic rings. The van der Waals surface area contributed by atoms with Crippen molar-refractivity contribution in [2.24, 2.45) is 0 Å². The zero-order valence-electron chi connectivity index (χ0n) is 24.3. The lowest BCUT2D eigenvalue weighted by molar-refractivity contribution is 0.0357. The molecule has 0 spiro atoms. The number of nitrogens with one attached hydrogen (secondary N) is 1. The standard InChI is InChI=1S/C24H27F2N3O4.C7H7NO2/c1-27-20-13-18(26)22(14-17(20)25)33-21-4-5-28-19-15-24(23(30-2)12-16(19)21)32-9-3-6-29-7-10-31-11-8-29;1-10-7-2-3-8-4-6(7)5-9/h4-5,12-15,27H,3,6-11H2,1-2H3;2-5H,1H3. The van der Waals surface area contributed by atoms with Crippen LogP contribution in [-0.2, 0) is 4.74 Å². The van der Waals surface area contributed by atoms with Crippen molar-refractivity contribution in [3.63, 3.8) is 0 Å². The molecule has 0 unspecified atom stereocenters. The van der Waals surface area contributed by atoms with Crippen LogP contribution in [0.2, 0.25) is 0 Å². The molecule has 5 rings (SSSR count). The third-order valence-electron chi connectivity index (χ3n) is 6.63. The molecule has 1 saturated heterocycles. The molecular weight excluding hydrogens is 562 g/mol. The van der Waals surface area contributed by atoms with Crippen LogP contribution in [0.25, 0.3) is 10.9 Å². The Kier molecular flexibility index (Phi) is 11.4. The summed E-state index contributed by atoms with van der Waals surface area (Å²) in [5.74, 6) is 0.436. The van der Waals surface area contributed by atoms with Crippen LogP contribution in [-0.4, -0.2) is 81.9 Å². The van der Waals surface area contributed by atoms with Crippen molar-refractivity contribution >= 4 is 22.9 Å². The number of methoxy groups -OCH3 is 2. The summed E-state index contributed by atoms with van der Waals surface area (Å²) in [7, 11) is 4.58. The average molecular weight is 597 g/mol. The molecule has 228 valence electrons. The van der Waals surface area contributed by atoms with Crippen molar-refractivity contribution in [3.8, 4) is 28.7 Å². The molecule has 0 aliphatic carbocycles. The van der Waals surface area contributed by atoms with Crippen LogP contribution in [0.3, 0.4) is 0 Å². The molecule has 1 aliphatic heterocycles.